The van der Waals surface area contributed by atoms with Gasteiger partial charge >= 0.3 is 0 Å². The summed E-state index contributed by atoms with van der Waals surface area (Å²) >= 11 is 6.01. The van der Waals surface area contributed by atoms with Gasteiger partial charge in [0.25, 0.3) is 5.91 Å². The molecule has 140 valence electrons. The van der Waals surface area contributed by atoms with E-state index >= 15 is 0 Å². The van der Waals surface area contributed by atoms with Gasteiger partial charge in [0.1, 0.15) is 5.69 Å². The van der Waals surface area contributed by atoms with Gasteiger partial charge in [-0.3, -0.25) is 9.78 Å². The van der Waals surface area contributed by atoms with Crippen LogP contribution in [0.2, 0.25) is 5.02 Å². The molecule has 2 aromatic heterocycles. The lowest BCUT2D eigenvalue weighted by atomic mass is 10.0. The number of fused-ring (bicyclic) bond motifs is 1. The predicted octanol–water partition coefficient (Wildman–Crippen LogP) is 4.31. The highest BCUT2D eigenvalue weighted by atomic mass is 35.5. The fraction of sp³-hybridized carbons (Fsp3) is 0.0952. The number of hydrogen-bond acceptors (Lipinski definition) is 4. The second kappa shape index (κ2) is 7.70. The van der Waals surface area contributed by atoms with Gasteiger partial charge in [-0.15, -0.1) is 0 Å². The van der Waals surface area contributed by atoms with Crippen molar-refractivity contribution in [1.82, 2.24) is 20.3 Å². The number of nitrogens with one attached hydrogen (secondary N) is 3. The molecule has 0 atom stereocenters. The molecular weight excluding hydrogens is 374 g/mol. The van der Waals surface area contributed by atoms with Gasteiger partial charge in [0.15, 0.2) is 0 Å². The molecule has 0 saturated carbocycles. The van der Waals surface area contributed by atoms with Crippen molar-refractivity contribution in [2.45, 2.75) is 6.42 Å². The lowest BCUT2D eigenvalue weighted by molar-refractivity contribution is 0.0958. The Morgan fingerprint density at radius 3 is 2.68 bits per heavy atom. The summed E-state index contributed by atoms with van der Waals surface area (Å²) in [5.41, 5.74) is 5.25. The minimum absolute atomic E-state index is 0.187. The lowest BCUT2D eigenvalue weighted by Crippen LogP contribution is -2.19. The molecule has 0 bridgehead atoms. The van der Waals surface area contributed by atoms with Crippen LogP contribution in [0.1, 0.15) is 21.6 Å². The molecule has 0 saturated heterocycles. The highest BCUT2D eigenvalue weighted by molar-refractivity contribution is 6.31. The monoisotopic (exact) mass is 391 g/mol. The van der Waals surface area contributed by atoms with Crippen LogP contribution in [0.4, 0.5) is 11.6 Å². The average molecular weight is 392 g/mol. The highest BCUT2D eigenvalue weighted by Crippen LogP contribution is 2.22. The molecule has 3 N–H and O–H groups in total. The van der Waals surface area contributed by atoms with Crippen LogP contribution in [0.15, 0.2) is 60.8 Å². The molecule has 0 fully saturated rings. The van der Waals surface area contributed by atoms with Crippen LogP contribution in [0.25, 0.3) is 11.0 Å². The normalized spacial score (nSPS) is 10.8. The Labute approximate surface area is 167 Å². The first kappa shape index (κ1) is 18.0. The molecule has 0 unspecified atom stereocenters. The number of carbonyl (C=O) groups excluding carboxylic acids is 1. The number of nitrogens with zero attached hydrogens (tertiary/aromatic N) is 2. The van der Waals surface area contributed by atoms with Gasteiger partial charge in [-0.05, 0) is 60.0 Å². The number of aromatic amines is 1. The molecule has 2 aromatic carbocycles. The van der Waals surface area contributed by atoms with Crippen LogP contribution < -0.4 is 10.6 Å². The Hall–Kier alpha value is -3.38. The number of aromatic nitrogens is 3. The Morgan fingerprint density at radius 1 is 1.07 bits per heavy atom. The van der Waals surface area contributed by atoms with Gasteiger partial charge in [-0.25, -0.2) is 4.98 Å². The summed E-state index contributed by atoms with van der Waals surface area (Å²) in [5, 5.41) is 6.52. The molecule has 0 aliphatic heterocycles. The summed E-state index contributed by atoms with van der Waals surface area (Å²) in [6.45, 7) is 0. The SMILES string of the molecule is CNC(=O)c1cc(Cc2ccc(Nc3nc4ccc(Cl)cc4[nH]3)cc2)ccn1. The zero-order valence-electron chi connectivity index (χ0n) is 15.2. The smallest absolute Gasteiger partial charge is 0.269 e. The van der Waals surface area contributed by atoms with E-state index in [9.17, 15) is 4.79 Å². The van der Waals surface area contributed by atoms with Gasteiger partial charge in [0.05, 0.1) is 11.0 Å². The lowest BCUT2D eigenvalue weighted by Gasteiger charge is -2.06. The summed E-state index contributed by atoms with van der Waals surface area (Å²) in [5.74, 6) is 0.475. The predicted molar refractivity (Wildman–Crippen MR) is 111 cm³/mol. The third kappa shape index (κ3) is 3.97. The maximum absolute atomic E-state index is 11.7. The standard InChI is InChI=1S/C21H18ClN5O/c1-23-20(28)19-11-14(8-9-24-19)10-13-2-5-16(6-3-13)25-21-26-17-7-4-15(22)12-18(17)27-21/h2-9,11-12H,10H2,1H3,(H,23,28)(H2,25,26,27). The first-order valence-electron chi connectivity index (χ1n) is 8.79. The molecule has 2 heterocycles. The van der Waals surface area contributed by atoms with E-state index in [2.05, 4.69) is 25.6 Å². The maximum atomic E-state index is 11.7. The van der Waals surface area contributed by atoms with Crippen molar-refractivity contribution in [3.63, 3.8) is 0 Å². The molecule has 7 heteroatoms. The summed E-state index contributed by atoms with van der Waals surface area (Å²) in [6, 6.07) is 17.3. The number of halogens is 1. The quantitative estimate of drug-likeness (QED) is 0.473. The van der Waals surface area contributed by atoms with E-state index in [-0.39, 0.29) is 5.91 Å². The van der Waals surface area contributed by atoms with Crippen LogP contribution in [0, 0.1) is 0 Å². The third-order valence-corrected chi connectivity index (χ3v) is 4.59. The Balaban J connectivity index is 1.47. The van der Waals surface area contributed by atoms with E-state index in [4.69, 9.17) is 11.6 Å². The van der Waals surface area contributed by atoms with Crippen molar-refractivity contribution in [1.29, 1.82) is 0 Å². The number of rotatable bonds is 5. The number of pyridine rings is 1. The average Bonchev–Trinajstić information content (AvgIpc) is 3.10. The summed E-state index contributed by atoms with van der Waals surface area (Å²) in [7, 11) is 1.60. The summed E-state index contributed by atoms with van der Waals surface area (Å²) < 4.78 is 0. The van der Waals surface area contributed by atoms with Gasteiger partial charge in [-0.1, -0.05) is 23.7 Å². The van der Waals surface area contributed by atoms with E-state index in [1.807, 2.05) is 54.6 Å². The van der Waals surface area contributed by atoms with E-state index in [0.29, 0.717) is 16.7 Å². The molecule has 0 aliphatic rings. The summed E-state index contributed by atoms with van der Waals surface area (Å²) in [6.07, 6.45) is 2.37. The van der Waals surface area contributed by atoms with Crippen LogP contribution in [0.3, 0.4) is 0 Å². The van der Waals surface area contributed by atoms with Crippen LogP contribution >= 0.6 is 11.6 Å². The zero-order valence-corrected chi connectivity index (χ0v) is 15.9. The van der Waals surface area contributed by atoms with Crippen LogP contribution in [-0.4, -0.2) is 27.9 Å². The second-order valence-electron chi connectivity index (χ2n) is 6.37. The molecule has 4 aromatic rings. The number of anilines is 2. The van der Waals surface area contributed by atoms with Gasteiger partial charge in [-0.2, -0.15) is 0 Å². The first-order chi connectivity index (χ1) is 13.6. The fourth-order valence-corrected chi connectivity index (χ4v) is 3.13. The third-order valence-electron chi connectivity index (χ3n) is 4.35. The van der Waals surface area contributed by atoms with E-state index in [1.165, 1.54) is 0 Å². The number of carbonyl (C=O) groups is 1. The zero-order chi connectivity index (χ0) is 19.5. The van der Waals surface area contributed by atoms with Crippen molar-refractivity contribution in [2.75, 3.05) is 12.4 Å². The molecule has 4 rings (SSSR count). The number of amides is 1. The Kier molecular flexibility index (Phi) is 4.95. The number of H-pyrrole nitrogens is 1. The number of hydrogen-bond donors (Lipinski definition) is 3. The summed E-state index contributed by atoms with van der Waals surface area (Å²) in [4.78, 5) is 23.5. The van der Waals surface area contributed by atoms with Gasteiger partial charge < -0.3 is 15.6 Å². The number of benzene rings is 2. The molecule has 0 aliphatic carbocycles. The van der Waals surface area contributed by atoms with Crippen molar-refractivity contribution in [3.05, 3.63) is 82.6 Å². The molecule has 6 nitrogen and oxygen atoms in total. The van der Waals surface area contributed by atoms with Gasteiger partial charge in [0, 0.05) is 24.0 Å². The minimum atomic E-state index is -0.187. The maximum Gasteiger partial charge on any atom is 0.269 e. The molecule has 1 amide bonds. The minimum Gasteiger partial charge on any atom is -0.354 e. The van der Waals surface area contributed by atoms with Crippen molar-refractivity contribution < 1.29 is 4.79 Å². The fourth-order valence-electron chi connectivity index (χ4n) is 2.96. The first-order valence-corrected chi connectivity index (χ1v) is 9.17. The van der Waals surface area contributed by atoms with E-state index < -0.39 is 0 Å². The molecule has 0 radical (unpaired) electrons. The largest absolute Gasteiger partial charge is 0.354 e. The highest BCUT2D eigenvalue weighted by Gasteiger charge is 2.07. The van der Waals surface area contributed by atoms with Crippen molar-refractivity contribution >= 4 is 40.2 Å². The van der Waals surface area contributed by atoms with Crippen molar-refractivity contribution in [2.24, 2.45) is 0 Å². The van der Waals surface area contributed by atoms with Crippen LogP contribution in [-0.2, 0) is 6.42 Å². The Morgan fingerprint density at radius 2 is 1.89 bits per heavy atom. The Bertz CT molecular complexity index is 1140. The van der Waals surface area contributed by atoms with Crippen molar-refractivity contribution in [3.8, 4) is 0 Å². The van der Waals surface area contributed by atoms with E-state index in [1.54, 1.807) is 13.2 Å². The molecular formula is C21H18ClN5O. The van der Waals surface area contributed by atoms with Gasteiger partial charge in [0.2, 0.25) is 5.95 Å². The van der Waals surface area contributed by atoms with Crippen LogP contribution in [0.5, 0.6) is 0 Å². The second-order valence-corrected chi connectivity index (χ2v) is 6.81. The topological polar surface area (TPSA) is 82.7 Å². The number of imidazole rings is 1. The molecule has 28 heavy (non-hydrogen) atoms. The van der Waals surface area contributed by atoms with E-state index in [0.717, 1.165) is 34.3 Å². The molecule has 0 spiro atoms.